The van der Waals surface area contributed by atoms with Crippen LogP contribution < -0.4 is 5.32 Å². The minimum atomic E-state index is -0.547. The van der Waals surface area contributed by atoms with Gasteiger partial charge in [0, 0.05) is 20.1 Å². The number of benzene rings is 1. The SMILES string of the molecule is CNc1c(F)cccc1C(=O)N1CC(CO)OC(C)(C)C1. The Morgan fingerprint density at radius 1 is 1.57 bits per heavy atom. The number of nitrogens with zero attached hydrogens (tertiary/aromatic N) is 1. The number of amides is 1. The number of hydrogen-bond acceptors (Lipinski definition) is 4. The fourth-order valence-corrected chi connectivity index (χ4v) is 2.67. The van der Waals surface area contributed by atoms with Gasteiger partial charge in [-0.2, -0.15) is 0 Å². The molecule has 0 saturated carbocycles. The van der Waals surface area contributed by atoms with Crippen LogP contribution in [-0.4, -0.2) is 54.4 Å². The Balaban J connectivity index is 2.29. The zero-order valence-corrected chi connectivity index (χ0v) is 12.5. The lowest BCUT2D eigenvalue weighted by atomic mass is 10.0. The summed E-state index contributed by atoms with van der Waals surface area (Å²) in [7, 11) is 1.58. The molecular formula is C15H21FN2O3. The first-order valence-corrected chi connectivity index (χ1v) is 6.92. The van der Waals surface area contributed by atoms with E-state index in [9.17, 15) is 14.3 Å². The number of para-hydroxylation sites is 1. The molecule has 1 atom stereocenters. The number of morpholine rings is 1. The third kappa shape index (κ3) is 3.33. The average molecular weight is 296 g/mol. The smallest absolute Gasteiger partial charge is 0.256 e. The minimum Gasteiger partial charge on any atom is -0.394 e. The van der Waals surface area contributed by atoms with Gasteiger partial charge in [-0.25, -0.2) is 4.39 Å². The number of rotatable bonds is 3. The van der Waals surface area contributed by atoms with E-state index in [1.54, 1.807) is 18.0 Å². The van der Waals surface area contributed by atoms with Crippen molar-refractivity contribution in [1.82, 2.24) is 4.90 Å². The zero-order chi connectivity index (χ0) is 15.6. The molecular weight excluding hydrogens is 275 g/mol. The molecule has 0 aliphatic carbocycles. The van der Waals surface area contributed by atoms with Crippen molar-refractivity contribution < 1.29 is 19.0 Å². The monoisotopic (exact) mass is 296 g/mol. The Bertz CT molecular complexity index is 534. The minimum absolute atomic E-state index is 0.157. The van der Waals surface area contributed by atoms with Gasteiger partial charge >= 0.3 is 0 Å². The number of carbonyl (C=O) groups is 1. The Morgan fingerprint density at radius 2 is 2.29 bits per heavy atom. The number of aliphatic hydroxyl groups is 1. The van der Waals surface area contributed by atoms with E-state index in [-0.39, 0.29) is 23.8 Å². The molecule has 0 spiro atoms. The zero-order valence-electron chi connectivity index (χ0n) is 12.5. The van der Waals surface area contributed by atoms with Crippen LogP contribution in [0, 0.1) is 5.82 Å². The fraction of sp³-hybridized carbons (Fsp3) is 0.533. The van der Waals surface area contributed by atoms with Crippen molar-refractivity contribution in [1.29, 1.82) is 0 Å². The summed E-state index contributed by atoms with van der Waals surface area (Å²) in [6.45, 7) is 4.25. The van der Waals surface area contributed by atoms with E-state index in [2.05, 4.69) is 5.32 Å². The molecule has 116 valence electrons. The van der Waals surface area contributed by atoms with Crippen LogP contribution in [0.2, 0.25) is 0 Å². The Morgan fingerprint density at radius 3 is 2.90 bits per heavy atom. The number of carbonyl (C=O) groups excluding carboxylic acids is 1. The molecule has 0 aromatic heterocycles. The summed E-state index contributed by atoms with van der Waals surface area (Å²) in [5.74, 6) is -0.733. The van der Waals surface area contributed by atoms with Gasteiger partial charge in [0.1, 0.15) is 5.82 Å². The summed E-state index contributed by atoms with van der Waals surface area (Å²) >= 11 is 0. The summed E-state index contributed by atoms with van der Waals surface area (Å²) in [5.41, 5.74) is -0.0757. The summed E-state index contributed by atoms with van der Waals surface area (Å²) in [4.78, 5) is 14.3. The molecule has 2 N–H and O–H groups in total. The first-order valence-electron chi connectivity index (χ1n) is 6.92. The van der Waals surface area contributed by atoms with Crippen LogP contribution in [0.3, 0.4) is 0 Å². The summed E-state index contributed by atoms with van der Waals surface area (Å²) < 4.78 is 19.5. The number of nitrogens with one attached hydrogen (secondary N) is 1. The Kier molecular flexibility index (Phi) is 4.49. The van der Waals surface area contributed by atoms with Crippen molar-refractivity contribution in [2.45, 2.75) is 25.6 Å². The van der Waals surface area contributed by atoms with Gasteiger partial charge in [-0.15, -0.1) is 0 Å². The van der Waals surface area contributed by atoms with Gasteiger partial charge in [0.25, 0.3) is 5.91 Å². The molecule has 5 nitrogen and oxygen atoms in total. The molecule has 21 heavy (non-hydrogen) atoms. The van der Waals surface area contributed by atoms with Crippen molar-refractivity contribution in [3.05, 3.63) is 29.6 Å². The molecule has 1 aromatic carbocycles. The number of hydrogen-bond donors (Lipinski definition) is 2. The first-order chi connectivity index (χ1) is 9.88. The highest BCUT2D eigenvalue weighted by molar-refractivity contribution is 5.99. The molecule has 6 heteroatoms. The van der Waals surface area contributed by atoms with Crippen LogP contribution in [0.5, 0.6) is 0 Å². The van der Waals surface area contributed by atoms with E-state index >= 15 is 0 Å². The van der Waals surface area contributed by atoms with E-state index in [0.717, 1.165) is 0 Å². The topological polar surface area (TPSA) is 61.8 Å². The van der Waals surface area contributed by atoms with E-state index < -0.39 is 17.5 Å². The molecule has 1 aliphatic rings. The van der Waals surface area contributed by atoms with Crippen molar-refractivity contribution in [3.8, 4) is 0 Å². The van der Waals surface area contributed by atoms with Gasteiger partial charge < -0.3 is 20.1 Å². The van der Waals surface area contributed by atoms with Gasteiger partial charge in [0.15, 0.2) is 0 Å². The van der Waals surface area contributed by atoms with E-state index in [1.165, 1.54) is 12.1 Å². The maximum absolute atomic E-state index is 13.8. The maximum Gasteiger partial charge on any atom is 0.256 e. The lowest BCUT2D eigenvalue weighted by Gasteiger charge is -2.42. The number of anilines is 1. The molecule has 0 bridgehead atoms. The number of ether oxygens (including phenoxy) is 1. The highest BCUT2D eigenvalue weighted by atomic mass is 19.1. The second kappa shape index (κ2) is 5.99. The third-order valence-corrected chi connectivity index (χ3v) is 3.47. The van der Waals surface area contributed by atoms with Gasteiger partial charge in [0.05, 0.1) is 29.6 Å². The average Bonchev–Trinajstić information content (AvgIpc) is 2.44. The van der Waals surface area contributed by atoms with Crippen molar-refractivity contribution >= 4 is 11.6 Å². The first kappa shape index (κ1) is 15.7. The van der Waals surface area contributed by atoms with Crippen LogP contribution in [0.25, 0.3) is 0 Å². The molecule has 1 aromatic rings. The van der Waals surface area contributed by atoms with Crippen LogP contribution in [0.1, 0.15) is 24.2 Å². The molecule has 1 aliphatic heterocycles. The van der Waals surface area contributed by atoms with E-state index in [4.69, 9.17) is 4.74 Å². The summed E-state index contributed by atoms with van der Waals surface area (Å²) in [5, 5.41) is 12.0. The van der Waals surface area contributed by atoms with Gasteiger partial charge in [-0.1, -0.05) is 6.07 Å². The third-order valence-electron chi connectivity index (χ3n) is 3.47. The van der Waals surface area contributed by atoms with Crippen LogP contribution in [-0.2, 0) is 4.74 Å². The second-order valence-electron chi connectivity index (χ2n) is 5.78. The maximum atomic E-state index is 13.8. The van der Waals surface area contributed by atoms with Crippen molar-refractivity contribution in [2.24, 2.45) is 0 Å². The van der Waals surface area contributed by atoms with E-state index in [1.807, 2.05) is 13.8 Å². The Labute approximate surface area is 123 Å². The van der Waals surface area contributed by atoms with Gasteiger partial charge in [0.2, 0.25) is 0 Å². The lowest BCUT2D eigenvalue weighted by molar-refractivity contribution is -0.139. The molecule has 1 heterocycles. The lowest BCUT2D eigenvalue weighted by Crippen LogP contribution is -2.55. The fourth-order valence-electron chi connectivity index (χ4n) is 2.67. The summed E-state index contributed by atoms with van der Waals surface area (Å²) in [6.07, 6.45) is -0.427. The van der Waals surface area contributed by atoms with Crippen LogP contribution >= 0.6 is 0 Å². The molecule has 2 rings (SSSR count). The number of aliphatic hydroxyl groups excluding tert-OH is 1. The van der Waals surface area contributed by atoms with Crippen LogP contribution in [0.4, 0.5) is 10.1 Å². The second-order valence-corrected chi connectivity index (χ2v) is 5.78. The summed E-state index contributed by atoms with van der Waals surface area (Å²) in [6, 6.07) is 4.41. The van der Waals surface area contributed by atoms with Gasteiger partial charge in [-0.3, -0.25) is 4.79 Å². The standard InChI is InChI=1S/C15H21FN2O3/c1-15(2)9-18(7-10(8-19)21-15)14(20)11-5-4-6-12(16)13(11)17-3/h4-6,10,17,19H,7-9H2,1-3H3. The number of halogens is 1. The molecule has 1 unspecified atom stereocenters. The highest BCUT2D eigenvalue weighted by Gasteiger charge is 2.36. The largest absolute Gasteiger partial charge is 0.394 e. The highest BCUT2D eigenvalue weighted by Crippen LogP contribution is 2.26. The van der Waals surface area contributed by atoms with Crippen molar-refractivity contribution in [3.63, 3.8) is 0 Å². The Hall–Kier alpha value is -1.66. The van der Waals surface area contributed by atoms with Gasteiger partial charge in [-0.05, 0) is 26.0 Å². The molecule has 1 fully saturated rings. The predicted molar refractivity (Wildman–Crippen MR) is 77.9 cm³/mol. The normalized spacial score (nSPS) is 21.2. The van der Waals surface area contributed by atoms with Crippen LogP contribution in [0.15, 0.2) is 18.2 Å². The molecule has 1 saturated heterocycles. The predicted octanol–water partition coefficient (Wildman–Crippen LogP) is 1.48. The molecule has 0 radical (unpaired) electrons. The van der Waals surface area contributed by atoms with E-state index in [0.29, 0.717) is 13.1 Å². The molecule has 1 amide bonds. The van der Waals surface area contributed by atoms with Crippen molar-refractivity contribution in [2.75, 3.05) is 32.1 Å². The quantitative estimate of drug-likeness (QED) is 0.887.